The zero-order chi connectivity index (χ0) is 25.0. The molecule has 0 saturated carbocycles. The van der Waals surface area contributed by atoms with Gasteiger partial charge < -0.3 is 20.3 Å². The van der Waals surface area contributed by atoms with Crippen molar-refractivity contribution in [3.63, 3.8) is 0 Å². The molecule has 2 aliphatic rings. The van der Waals surface area contributed by atoms with Crippen molar-refractivity contribution in [2.24, 2.45) is 0 Å². The van der Waals surface area contributed by atoms with Crippen LogP contribution >= 0.6 is 11.6 Å². The van der Waals surface area contributed by atoms with Crippen LogP contribution in [0.3, 0.4) is 0 Å². The summed E-state index contributed by atoms with van der Waals surface area (Å²) in [4.78, 5) is 25.0. The lowest BCUT2D eigenvalue weighted by Gasteiger charge is -2.35. The first-order valence-corrected chi connectivity index (χ1v) is 11.9. The molecule has 0 bridgehead atoms. The molecular weight excluding hydrogens is 485 g/mol. The van der Waals surface area contributed by atoms with Gasteiger partial charge in [-0.1, -0.05) is 11.6 Å². The van der Waals surface area contributed by atoms with Crippen molar-refractivity contribution in [3.05, 3.63) is 41.2 Å². The van der Waals surface area contributed by atoms with Crippen LogP contribution in [0.5, 0.6) is 0 Å². The molecule has 0 unspecified atom stereocenters. The molecular formula is C23H28ClF3N6O2. The van der Waals surface area contributed by atoms with Gasteiger partial charge in [0.15, 0.2) is 0 Å². The number of ether oxygens (including phenoxy) is 1. The Kier molecular flexibility index (Phi) is 7.85. The summed E-state index contributed by atoms with van der Waals surface area (Å²) in [5.74, 6) is 1.40. The first-order valence-electron chi connectivity index (χ1n) is 11.5. The van der Waals surface area contributed by atoms with Gasteiger partial charge in [-0.2, -0.15) is 13.2 Å². The largest absolute Gasteiger partial charge is 0.416 e. The van der Waals surface area contributed by atoms with Crippen molar-refractivity contribution >= 4 is 35.0 Å². The van der Waals surface area contributed by atoms with Gasteiger partial charge in [0.05, 0.1) is 18.0 Å². The van der Waals surface area contributed by atoms with Crippen molar-refractivity contribution < 1.29 is 22.7 Å². The minimum Gasteiger partial charge on any atom is -0.381 e. The van der Waals surface area contributed by atoms with E-state index in [2.05, 4.69) is 20.5 Å². The molecule has 190 valence electrons. The maximum Gasteiger partial charge on any atom is 0.416 e. The fourth-order valence-corrected chi connectivity index (χ4v) is 4.48. The summed E-state index contributed by atoms with van der Waals surface area (Å²) < 4.78 is 44.8. The molecule has 3 heterocycles. The Labute approximate surface area is 206 Å². The van der Waals surface area contributed by atoms with Gasteiger partial charge in [0, 0.05) is 56.1 Å². The predicted octanol–water partition coefficient (Wildman–Crippen LogP) is 4.55. The van der Waals surface area contributed by atoms with Crippen molar-refractivity contribution in [1.29, 1.82) is 0 Å². The minimum atomic E-state index is -4.56. The van der Waals surface area contributed by atoms with Crippen LogP contribution in [0.1, 0.15) is 31.2 Å². The first kappa shape index (κ1) is 25.3. The number of carbonyl (C=O) groups excluding carboxylic acids is 1. The molecule has 0 spiro atoms. The summed E-state index contributed by atoms with van der Waals surface area (Å²) in [5, 5.41) is 6.24. The zero-order valence-corrected chi connectivity index (χ0v) is 20.1. The highest BCUT2D eigenvalue weighted by Crippen LogP contribution is 2.34. The normalized spacial score (nSPS) is 19.3. The maximum atomic E-state index is 13.1. The number of alkyl halides is 3. The molecule has 2 aromatic rings. The topological polar surface area (TPSA) is 82.6 Å². The van der Waals surface area contributed by atoms with Gasteiger partial charge in [-0.25, -0.2) is 9.78 Å². The Morgan fingerprint density at radius 3 is 2.69 bits per heavy atom. The lowest BCUT2D eigenvalue weighted by Crippen LogP contribution is -2.51. The summed E-state index contributed by atoms with van der Waals surface area (Å²) in [6.45, 7) is 2.72. The molecule has 2 amide bonds. The summed E-state index contributed by atoms with van der Waals surface area (Å²) in [7, 11) is 1.42. The number of amides is 2. The number of rotatable bonds is 5. The molecule has 1 atom stereocenters. The molecule has 12 heteroatoms. The number of halogens is 4. The van der Waals surface area contributed by atoms with E-state index in [4.69, 9.17) is 21.3 Å². The molecule has 2 saturated heterocycles. The van der Waals surface area contributed by atoms with Gasteiger partial charge in [-0.3, -0.25) is 9.88 Å². The van der Waals surface area contributed by atoms with Gasteiger partial charge >= 0.3 is 12.2 Å². The Morgan fingerprint density at radius 1 is 1.17 bits per heavy atom. The molecule has 0 radical (unpaired) electrons. The van der Waals surface area contributed by atoms with Crippen molar-refractivity contribution in [2.75, 3.05) is 48.5 Å². The van der Waals surface area contributed by atoms with Crippen LogP contribution in [-0.4, -0.2) is 61.4 Å². The van der Waals surface area contributed by atoms with Crippen LogP contribution in [0.4, 0.5) is 35.3 Å². The van der Waals surface area contributed by atoms with Crippen LogP contribution in [0.2, 0.25) is 5.02 Å². The quantitative estimate of drug-likeness (QED) is 0.611. The molecule has 1 aromatic carbocycles. The standard InChI is InChI=1S/C23H28ClF3N6O2/c1-32(19-10-15(23(25,26)27)9-16(24)11-19)22(34)30-18-3-2-6-33(14-18)21-13-28-12-20(31-21)29-17-4-7-35-8-5-17/h9-13,17-18H,2-8,14H2,1H3,(H,29,31)(H,30,34)/t18-/m1/s1. The zero-order valence-electron chi connectivity index (χ0n) is 19.3. The monoisotopic (exact) mass is 512 g/mol. The summed E-state index contributed by atoms with van der Waals surface area (Å²) in [5.41, 5.74) is -0.843. The van der Waals surface area contributed by atoms with E-state index in [1.807, 2.05) is 0 Å². The first-order chi connectivity index (χ1) is 16.7. The number of nitrogens with one attached hydrogen (secondary N) is 2. The lowest BCUT2D eigenvalue weighted by atomic mass is 10.1. The minimum absolute atomic E-state index is 0.0627. The third-order valence-electron chi connectivity index (χ3n) is 6.17. The Morgan fingerprint density at radius 2 is 1.94 bits per heavy atom. The second kappa shape index (κ2) is 10.9. The summed E-state index contributed by atoms with van der Waals surface area (Å²) in [6, 6.07) is 2.66. The number of aromatic nitrogens is 2. The van der Waals surface area contributed by atoms with Gasteiger partial charge in [0.25, 0.3) is 0 Å². The van der Waals surface area contributed by atoms with Crippen LogP contribution in [0.15, 0.2) is 30.6 Å². The highest BCUT2D eigenvalue weighted by atomic mass is 35.5. The van der Waals surface area contributed by atoms with E-state index in [1.54, 1.807) is 12.4 Å². The second-order valence-electron chi connectivity index (χ2n) is 8.78. The summed E-state index contributed by atoms with van der Waals surface area (Å²) >= 11 is 5.87. The van der Waals surface area contributed by atoms with Crippen molar-refractivity contribution in [1.82, 2.24) is 15.3 Å². The van der Waals surface area contributed by atoms with Crippen molar-refractivity contribution in [2.45, 2.75) is 43.9 Å². The lowest BCUT2D eigenvalue weighted by molar-refractivity contribution is -0.137. The van der Waals surface area contributed by atoms with E-state index in [9.17, 15) is 18.0 Å². The van der Waals surface area contributed by atoms with Crippen LogP contribution < -0.4 is 20.4 Å². The Balaban J connectivity index is 1.38. The van der Waals surface area contributed by atoms with Gasteiger partial charge in [0.2, 0.25) is 0 Å². The molecule has 4 rings (SSSR count). The van der Waals surface area contributed by atoms with Crippen LogP contribution in [-0.2, 0) is 10.9 Å². The molecule has 35 heavy (non-hydrogen) atoms. The smallest absolute Gasteiger partial charge is 0.381 e. The van der Waals surface area contributed by atoms with E-state index in [0.29, 0.717) is 24.2 Å². The fourth-order valence-electron chi connectivity index (χ4n) is 4.25. The maximum absolute atomic E-state index is 13.1. The molecule has 2 aliphatic heterocycles. The highest BCUT2D eigenvalue weighted by molar-refractivity contribution is 6.31. The molecule has 1 aromatic heterocycles. The third kappa shape index (κ3) is 6.66. The number of carbonyl (C=O) groups is 1. The average molecular weight is 513 g/mol. The fraction of sp³-hybridized carbons (Fsp3) is 0.522. The van der Waals surface area contributed by atoms with E-state index in [-0.39, 0.29) is 16.8 Å². The van der Waals surface area contributed by atoms with Crippen LogP contribution in [0, 0.1) is 0 Å². The number of hydrogen-bond acceptors (Lipinski definition) is 6. The predicted molar refractivity (Wildman–Crippen MR) is 128 cm³/mol. The number of nitrogens with zero attached hydrogens (tertiary/aromatic N) is 4. The van der Waals surface area contributed by atoms with Gasteiger partial charge in [-0.15, -0.1) is 0 Å². The molecule has 0 aliphatic carbocycles. The second-order valence-corrected chi connectivity index (χ2v) is 9.22. The number of piperidine rings is 1. The van der Waals surface area contributed by atoms with E-state index in [1.165, 1.54) is 13.1 Å². The van der Waals surface area contributed by atoms with Gasteiger partial charge in [0.1, 0.15) is 11.6 Å². The Hall–Kier alpha value is -2.79. The number of benzene rings is 1. The third-order valence-corrected chi connectivity index (χ3v) is 6.39. The van der Waals surface area contributed by atoms with E-state index < -0.39 is 17.8 Å². The molecule has 8 nitrogen and oxygen atoms in total. The van der Waals surface area contributed by atoms with Crippen molar-refractivity contribution in [3.8, 4) is 0 Å². The molecule has 2 N–H and O–H groups in total. The summed E-state index contributed by atoms with van der Waals surface area (Å²) in [6.07, 6.45) is 2.21. The number of anilines is 3. The number of urea groups is 1. The van der Waals surface area contributed by atoms with Gasteiger partial charge in [-0.05, 0) is 43.9 Å². The Bertz CT molecular complexity index is 1030. The van der Waals surface area contributed by atoms with E-state index >= 15 is 0 Å². The molecule has 2 fully saturated rings. The average Bonchev–Trinajstić information content (AvgIpc) is 2.83. The SMILES string of the molecule is CN(C(=O)N[C@@H]1CCCN(c2cncc(NC3CCOCC3)n2)C1)c1cc(Cl)cc(C(F)(F)F)c1. The van der Waals surface area contributed by atoms with E-state index in [0.717, 1.165) is 62.5 Å². The highest BCUT2D eigenvalue weighted by Gasteiger charge is 2.32. The number of hydrogen-bond donors (Lipinski definition) is 2. The van der Waals surface area contributed by atoms with Crippen LogP contribution in [0.25, 0.3) is 0 Å².